The van der Waals surface area contributed by atoms with E-state index in [9.17, 15) is 10.3 Å². The van der Waals surface area contributed by atoms with Crippen molar-refractivity contribution in [2.45, 2.75) is 85.2 Å². The molecule has 0 radical (unpaired) electrons. The lowest BCUT2D eigenvalue weighted by atomic mass is 9.83. The van der Waals surface area contributed by atoms with Gasteiger partial charge in [-0.15, -0.1) is 0 Å². The quantitative estimate of drug-likeness (QED) is 0.327. The lowest BCUT2D eigenvalue weighted by Crippen LogP contribution is -2.34. The number of hydrogen-bond acceptors (Lipinski definition) is 3. The Morgan fingerprint density at radius 3 is 1.95 bits per heavy atom. The third-order valence-electron chi connectivity index (χ3n) is 4.14. The van der Waals surface area contributed by atoms with E-state index in [2.05, 4.69) is 32.9 Å². The first-order valence-electron chi connectivity index (χ1n) is 8.05. The average molecular weight is 271 g/mol. The van der Waals surface area contributed by atoms with Crippen LogP contribution in [0.15, 0.2) is 5.16 Å². The molecule has 0 aromatic heterocycles. The van der Waals surface area contributed by atoms with Gasteiger partial charge in [-0.05, 0) is 25.2 Å². The fraction of sp³-hybridized carbons (Fsp3) is 0.938. The molecule has 3 nitrogen and oxygen atoms in total. The smallest absolute Gasteiger partial charge is 0.0984 e. The van der Waals surface area contributed by atoms with Crippen LogP contribution < -0.4 is 0 Å². The largest absolute Gasteiger partial charge is 0.411 e. The summed E-state index contributed by atoms with van der Waals surface area (Å²) in [4.78, 5) is 0. The second kappa shape index (κ2) is 11.3. The fourth-order valence-electron chi connectivity index (χ4n) is 2.69. The SMILES string of the molecule is CCCC[C@H](CC)/C(=N\O)[C@H](O)[C@H](CC)CCCC. The van der Waals surface area contributed by atoms with Crippen LogP contribution in [0.2, 0.25) is 0 Å². The van der Waals surface area contributed by atoms with Crippen LogP contribution in [0.5, 0.6) is 0 Å². The first-order valence-corrected chi connectivity index (χ1v) is 8.05. The van der Waals surface area contributed by atoms with Crippen molar-refractivity contribution < 1.29 is 10.3 Å². The Kier molecular flexibility index (Phi) is 10.9. The number of aliphatic hydroxyl groups is 1. The highest BCUT2D eigenvalue weighted by atomic mass is 16.4. The van der Waals surface area contributed by atoms with Crippen molar-refractivity contribution >= 4 is 5.71 Å². The van der Waals surface area contributed by atoms with E-state index >= 15 is 0 Å². The Balaban J connectivity index is 4.69. The zero-order valence-electron chi connectivity index (χ0n) is 13.2. The van der Waals surface area contributed by atoms with Crippen LogP contribution in [0.1, 0.15) is 79.1 Å². The van der Waals surface area contributed by atoms with Gasteiger partial charge in [-0.3, -0.25) is 0 Å². The lowest BCUT2D eigenvalue weighted by molar-refractivity contribution is 0.146. The molecule has 3 atom stereocenters. The molecule has 0 aromatic carbocycles. The summed E-state index contributed by atoms with van der Waals surface area (Å²) < 4.78 is 0. The van der Waals surface area contributed by atoms with Gasteiger partial charge in [0.2, 0.25) is 0 Å². The van der Waals surface area contributed by atoms with Crippen LogP contribution in [-0.4, -0.2) is 22.1 Å². The van der Waals surface area contributed by atoms with Crippen molar-refractivity contribution in [3.8, 4) is 0 Å². The normalized spacial score (nSPS) is 17.2. The molecule has 0 saturated carbocycles. The van der Waals surface area contributed by atoms with Crippen LogP contribution in [0, 0.1) is 11.8 Å². The summed E-state index contributed by atoms with van der Waals surface area (Å²) >= 11 is 0. The number of nitrogens with zero attached hydrogens (tertiary/aromatic N) is 1. The van der Waals surface area contributed by atoms with Crippen molar-refractivity contribution in [2.24, 2.45) is 17.0 Å². The number of unbranched alkanes of at least 4 members (excludes halogenated alkanes) is 2. The Morgan fingerprint density at radius 2 is 1.53 bits per heavy atom. The van der Waals surface area contributed by atoms with E-state index in [0.717, 1.165) is 51.4 Å². The predicted molar refractivity (Wildman–Crippen MR) is 81.8 cm³/mol. The van der Waals surface area contributed by atoms with E-state index in [1.54, 1.807) is 0 Å². The highest BCUT2D eigenvalue weighted by molar-refractivity contribution is 5.90. The summed E-state index contributed by atoms with van der Waals surface area (Å²) in [7, 11) is 0. The van der Waals surface area contributed by atoms with Crippen LogP contribution in [0.3, 0.4) is 0 Å². The topological polar surface area (TPSA) is 52.8 Å². The molecule has 0 aliphatic heterocycles. The van der Waals surface area contributed by atoms with E-state index in [0.29, 0.717) is 5.71 Å². The molecule has 114 valence electrons. The minimum absolute atomic E-state index is 0.218. The van der Waals surface area contributed by atoms with Crippen molar-refractivity contribution in [1.82, 2.24) is 0 Å². The molecule has 0 amide bonds. The third kappa shape index (κ3) is 6.42. The standard InChI is InChI=1S/C16H33NO2/c1-5-9-11-13(7-3)15(17-19)16(18)14(8-4)12-10-6-2/h13-14,16,18-19H,5-12H2,1-4H3/b17-15+/t13-,14+,16+/m0/s1. The molecule has 2 N–H and O–H groups in total. The molecule has 0 unspecified atom stereocenters. The van der Waals surface area contributed by atoms with Gasteiger partial charge in [-0.1, -0.05) is 65.0 Å². The Morgan fingerprint density at radius 1 is 0.947 bits per heavy atom. The zero-order valence-corrected chi connectivity index (χ0v) is 13.2. The summed E-state index contributed by atoms with van der Waals surface area (Å²) in [6.45, 7) is 8.53. The monoisotopic (exact) mass is 271 g/mol. The average Bonchev–Trinajstić information content (AvgIpc) is 2.44. The Bertz CT molecular complexity index is 241. The van der Waals surface area contributed by atoms with Crippen molar-refractivity contribution in [1.29, 1.82) is 0 Å². The van der Waals surface area contributed by atoms with Gasteiger partial charge in [0.1, 0.15) is 0 Å². The van der Waals surface area contributed by atoms with Gasteiger partial charge in [-0.25, -0.2) is 0 Å². The van der Waals surface area contributed by atoms with Gasteiger partial charge in [-0.2, -0.15) is 0 Å². The molecule has 0 aromatic rings. The minimum Gasteiger partial charge on any atom is -0.411 e. The highest BCUT2D eigenvalue weighted by Crippen LogP contribution is 2.24. The number of hydrogen-bond donors (Lipinski definition) is 2. The molecule has 0 fully saturated rings. The van der Waals surface area contributed by atoms with Crippen molar-refractivity contribution in [2.75, 3.05) is 0 Å². The van der Waals surface area contributed by atoms with Gasteiger partial charge >= 0.3 is 0 Å². The molecule has 0 heterocycles. The summed E-state index contributed by atoms with van der Waals surface area (Å²) in [5, 5.41) is 23.3. The van der Waals surface area contributed by atoms with Crippen molar-refractivity contribution in [3.05, 3.63) is 0 Å². The minimum atomic E-state index is -0.580. The summed E-state index contributed by atoms with van der Waals surface area (Å²) in [5.74, 6) is 0.442. The van der Waals surface area contributed by atoms with Crippen LogP contribution in [0.25, 0.3) is 0 Å². The maximum atomic E-state index is 10.5. The van der Waals surface area contributed by atoms with E-state index in [-0.39, 0.29) is 11.8 Å². The fourth-order valence-corrected chi connectivity index (χ4v) is 2.69. The van der Waals surface area contributed by atoms with Crippen LogP contribution in [-0.2, 0) is 0 Å². The molecular weight excluding hydrogens is 238 g/mol. The summed E-state index contributed by atoms with van der Waals surface area (Å²) in [5.41, 5.74) is 0.610. The summed E-state index contributed by atoms with van der Waals surface area (Å²) in [6.07, 6.45) is 7.83. The number of rotatable bonds is 11. The van der Waals surface area contributed by atoms with E-state index < -0.39 is 6.10 Å². The van der Waals surface area contributed by atoms with Crippen LogP contribution in [0.4, 0.5) is 0 Å². The molecule has 3 heteroatoms. The zero-order chi connectivity index (χ0) is 14.7. The van der Waals surface area contributed by atoms with Crippen LogP contribution >= 0.6 is 0 Å². The molecule has 0 saturated heterocycles. The lowest BCUT2D eigenvalue weighted by Gasteiger charge is -2.26. The summed E-state index contributed by atoms with van der Waals surface area (Å²) in [6, 6.07) is 0. The van der Waals surface area contributed by atoms with Gasteiger partial charge in [0, 0.05) is 5.92 Å². The van der Waals surface area contributed by atoms with Gasteiger partial charge in [0.05, 0.1) is 11.8 Å². The van der Waals surface area contributed by atoms with E-state index in [1.807, 2.05) is 0 Å². The van der Waals surface area contributed by atoms with E-state index in [4.69, 9.17) is 0 Å². The Hall–Kier alpha value is -0.570. The second-order valence-corrected chi connectivity index (χ2v) is 5.53. The predicted octanol–water partition coefficient (Wildman–Crippen LogP) is 4.61. The first-order chi connectivity index (χ1) is 9.15. The number of aliphatic hydroxyl groups excluding tert-OH is 1. The maximum absolute atomic E-state index is 10.5. The third-order valence-corrected chi connectivity index (χ3v) is 4.14. The van der Waals surface area contributed by atoms with E-state index in [1.165, 1.54) is 0 Å². The van der Waals surface area contributed by atoms with Crippen molar-refractivity contribution in [3.63, 3.8) is 0 Å². The molecular formula is C16H33NO2. The van der Waals surface area contributed by atoms with Gasteiger partial charge in [0.15, 0.2) is 0 Å². The molecule has 0 bridgehead atoms. The first kappa shape index (κ1) is 18.4. The van der Waals surface area contributed by atoms with Gasteiger partial charge < -0.3 is 10.3 Å². The molecule has 19 heavy (non-hydrogen) atoms. The maximum Gasteiger partial charge on any atom is 0.0984 e. The molecule has 0 rings (SSSR count). The highest BCUT2D eigenvalue weighted by Gasteiger charge is 2.27. The molecule has 0 aliphatic carbocycles. The Labute approximate surface area is 119 Å². The number of oxime groups is 1. The molecule has 0 spiro atoms. The van der Waals surface area contributed by atoms with Gasteiger partial charge in [0.25, 0.3) is 0 Å². The second-order valence-electron chi connectivity index (χ2n) is 5.53. The molecule has 0 aliphatic rings.